The van der Waals surface area contributed by atoms with Crippen LogP contribution in [0.15, 0.2) is 18.2 Å². The lowest BCUT2D eigenvalue weighted by Crippen LogP contribution is -2.22. The van der Waals surface area contributed by atoms with Crippen molar-refractivity contribution in [3.63, 3.8) is 0 Å². The minimum Gasteiger partial charge on any atom is -0.489 e. The fourth-order valence-electron chi connectivity index (χ4n) is 1.40. The summed E-state index contributed by atoms with van der Waals surface area (Å²) in [5.74, 6) is 0.967. The van der Waals surface area contributed by atoms with Gasteiger partial charge in [0.15, 0.2) is 11.6 Å². The quantitative estimate of drug-likeness (QED) is 0.759. The Labute approximate surface area is 107 Å². The minimum absolute atomic E-state index is 0.283. The summed E-state index contributed by atoms with van der Waals surface area (Å²) in [6.07, 6.45) is 2.01. The lowest BCUT2D eigenvalue weighted by molar-refractivity contribution is 0.319. The van der Waals surface area contributed by atoms with Crippen LogP contribution in [0.25, 0.3) is 0 Å². The smallest absolute Gasteiger partial charge is 0.165 e. The van der Waals surface area contributed by atoms with E-state index < -0.39 is 0 Å². The molecule has 17 heavy (non-hydrogen) atoms. The SMILES string of the molecule is CSCCOc1c(F)cccc1CNC(C)C. The summed E-state index contributed by atoms with van der Waals surface area (Å²) in [5, 5.41) is 3.27. The van der Waals surface area contributed by atoms with Crippen molar-refractivity contribution in [2.24, 2.45) is 0 Å². The van der Waals surface area contributed by atoms with Crippen molar-refractivity contribution in [1.29, 1.82) is 0 Å². The van der Waals surface area contributed by atoms with Gasteiger partial charge in [-0.1, -0.05) is 26.0 Å². The summed E-state index contributed by atoms with van der Waals surface area (Å²) in [6, 6.07) is 5.42. The van der Waals surface area contributed by atoms with Crippen LogP contribution in [-0.2, 0) is 6.54 Å². The number of para-hydroxylation sites is 1. The van der Waals surface area contributed by atoms with Crippen LogP contribution in [0.5, 0.6) is 5.75 Å². The molecule has 0 fully saturated rings. The van der Waals surface area contributed by atoms with Crippen LogP contribution in [0.4, 0.5) is 4.39 Å². The lowest BCUT2D eigenvalue weighted by atomic mass is 10.2. The third kappa shape index (κ3) is 4.96. The van der Waals surface area contributed by atoms with Crippen LogP contribution < -0.4 is 10.1 Å². The molecule has 0 heterocycles. The van der Waals surface area contributed by atoms with Gasteiger partial charge < -0.3 is 10.1 Å². The maximum atomic E-state index is 13.6. The Morgan fingerprint density at radius 2 is 2.18 bits per heavy atom. The summed E-state index contributed by atoms with van der Waals surface area (Å²) in [7, 11) is 0. The van der Waals surface area contributed by atoms with Crippen molar-refractivity contribution in [2.75, 3.05) is 18.6 Å². The Morgan fingerprint density at radius 1 is 1.41 bits per heavy atom. The summed E-state index contributed by atoms with van der Waals surface area (Å²) in [4.78, 5) is 0. The van der Waals surface area contributed by atoms with Crippen LogP contribution >= 0.6 is 11.8 Å². The van der Waals surface area contributed by atoms with E-state index in [2.05, 4.69) is 19.2 Å². The first-order valence-electron chi connectivity index (χ1n) is 5.77. The van der Waals surface area contributed by atoms with Crippen LogP contribution in [0, 0.1) is 5.82 Å². The highest BCUT2D eigenvalue weighted by Gasteiger charge is 2.09. The molecule has 0 unspecified atom stereocenters. The number of hydrogen-bond acceptors (Lipinski definition) is 3. The number of benzene rings is 1. The number of hydrogen-bond donors (Lipinski definition) is 1. The van der Waals surface area contributed by atoms with Gasteiger partial charge in [-0.05, 0) is 12.3 Å². The van der Waals surface area contributed by atoms with Gasteiger partial charge in [-0.25, -0.2) is 4.39 Å². The molecule has 0 aromatic heterocycles. The zero-order chi connectivity index (χ0) is 12.7. The number of thioether (sulfide) groups is 1. The van der Waals surface area contributed by atoms with Crippen molar-refractivity contribution in [3.05, 3.63) is 29.6 Å². The fraction of sp³-hybridized carbons (Fsp3) is 0.538. The van der Waals surface area contributed by atoms with E-state index in [4.69, 9.17) is 4.74 Å². The maximum absolute atomic E-state index is 13.6. The summed E-state index contributed by atoms with van der Waals surface area (Å²) >= 11 is 1.69. The standard InChI is InChI=1S/C13H20FNOS/c1-10(2)15-9-11-5-4-6-12(14)13(11)16-7-8-17-3/h4-6,10,15H,7-9H2,1-3H3. The molecule has 0 amide bonds. The van der Waals surface area contributed by atoms with Crippen molar-refractivity contribution in [3.8, 4) is 5.75 Å². The highest BCUT2D eigenvalue weighted by molar-refractivity contribution is 7.98. The molecule has 4 heteroatoms. The maximum Gasteiger partial charge on any atom is 0.165 e. The molecule has 0 atom stereocenters. The molecule has 1 rings (SSSR count). The molecule has 1 N–H and O–H groups in total. The fourth-order valence-corrected chi connectivity index (χ4v) is 1.65. The Kier molecular flexibility index (Phi) is 6.37. The third-order valence-corrected chi connectivity index (χ3v) is 2.86. The van der Waals surface area contributed by atoms with Gasteiger partial charge in [0.05, 0.1) is 6.61 Å². The predicted octanol–water partition coefficient (Wildman–Crippen LogP) is 3.07. The van der Waals surface area contributed by atoms with Crippen LogP contribution in [0.1, 0.15) is 19.4 Å². The summed E-state index contributed by atoms with van der Waals surface area (Å²) < 4.78 is 19.1. The van der Waals surface area contributed by atoms with Gasteiger partial charge in [-0.15, -0.1) is 0 Å². The van der Waals surface area contributed by atoms with Crippen molar-refractivity contribution in [1.82, 2.24) is 5.32 Å². The first kappa shape index (κ1) is 14.3. The first-order valence-corrected chi connectivity index (χ1v) is 7.17. The van der Waals surface area contributed by atoms with Crippen molar-refractivity contribution >= 4 is 11.8 Å². The van der Waals surface area contributed by atoms with Gasteiger partial charge in [0, 0.05) is 23.9 Å². The summed E-state index contributed by atoms with van der Waals surface area (Å²) in [5.41, 5.74) is 0.875. The van der Waals surface area contributed by atoms with Gasteiger partial charge in [0.25, 0.3) is 0 Å². The Balaban J connectivity index is 2.69. The first-order chi connectivity index (χ1) is 8.15. The predicted molar refractivity (Wildman–Crippen MR) is 72.3 cm³/mol. The average molecular weight is 257 g/mol. The van der Waals surface area contributed by atoms with Gasteiger partial charge in [-0.3, -0.25) is 0 Å². The molecule has 0 spiro atoms. The molecule has 96 valence electrons. The highest BCUT2D eigenvalue weighted by atomic mass is 32.2. The molecule has 0 bridgehead atoms. The molecular formula is C13H20FNOS. The molecular weight excluding hydrogens is 237 g/mol. The van der Waals surface area contributed by atoms with E-state index in [1.807, 2.05) is 12.3 Å². The van der Waals surface area contributed by atoms with E-state index in [0.29, 0.717) is 24.9 Å². The van der Waals surface area contributed by atoms with E-state index in [9.17, 15) is 4.39 Å². The van der Waals surface area contributed by atoms with E-state index in [1.54, 1.807) is 17.8 Å². The molecule has 0 saturated heterocycles. The van der Waals surface area contributed by atoms with Crippen molar-refractivity contribution < 1.29 is 9.13 Å². The summed E-state index contributed by atoms with van der Waals surface area (Å²) in [6.45, 7) is 5.29. The second kappa shape index (κ2) is 7.56. The lowest BCUT2D eigenvalue weighted by Gasteiger charge is -2.14. The van der Waals surface area contributed by atoms with Crippen molar-refractivity contribution in [2.45, 2.75) is 26.4 Å². The van der Waals surface area contributed by atoms with Crippen LogP contribution in [0.3, 0.4) is 0 Å². The van der Waals surface area contributed by atoms with Gasteiger partial charge in [0.2, 0.25) is 0 Å². The molecule has 1 aromatic carbocycles. The molecule has 0 aliphatic heterocycles. The van der Waals surface area contributed by atoms with Gasteiger partial charge >= 0.3 is 0 Å². The zero-order valence-electron chi connectivity index (χ0n) is 10.6. The Bertz CT molecular complexity index is 344. The average Bonchev–Trinajstić information content (AvgIpc) is 2.29. The van der Waals surface area contributed by atoms with Gasteiger partial charge in [-0.2, -0.15) is 11.8 Å². The van der Waals surface area contributed by atoms with Crippen LogP contribution in [0.2, 0.25) is 0 Å². The second-order valence-electron chi connectivity index (χ2n) is 4.10. The van der Waals surface area contributed by atoms with E-state index in [-0.39, 0.29) is 5.82 Å². The van der Waals surface area contributed by atoms with E-state index in [1.165, 1.54) is 6.07 Å². The molecule has 2 nitrogen and oxygen atoms in total. The molecule has 0 aliphatic carbocycles. The molecule has 0 aliphatic rings. The number of nitrogens with one attached hydrogen (secondary N) is 1. The zero-order valence-corrected chi connectivity index (χ0v) is 11.4. The molecule has 0 radical (unpaired) electrons. The normalized spacial score (nSPS) is 10.9. The second-order valence-corrected chi connectivity index (χ2v) is 5.09. The highest BCUT2D eigenvalue weighted by Crippen LogP contribution is 2.22. The number of ether oxygens (including phenoxy) is 1. The van der Waals surface area contributed by atoms with Crippen LogP contribution in [-0.4, -0.2) is 24.7 Å². The monoisotopic (exact) mass is 257 g/mol. The largest absolute Gasteiger partial charge is 0.489 e. The Hall–Kier alpha value is -0.740. The topological polar surface area (TPSA) is 21.3 Å². The Morgan fingerprint density at radius 3 is 2.82 bits per heavy atom. The molecule has 1 aromatic rings. The number of halogens is 1. The van der Waals surface area contributed by atoms with E-state index in [0.717, 1.165) is 11.3 Å². The molecule has 0 saturated carbocycles. The van der Waals surface area contributed by atoms with Gasteiger partial charge in [0.1, 0.15) is 0 Å². The third-order valence-electron chi connectivity index (χ3n) is 2.28. The minimum atomic E-state index is -0.283. The van der Waals surface area contributed by atoms with E-state index >= 15 is 0 Å². The number of rotatable bonds is 7.